The number of nitrogens with zero attached hydrogens (tertiary/aromatic N) is 1. The van der Waals surface area contributed by atoms with Gasteiger partial charge in [-0.3, -0.25) is 4.90 Å². The average Bonchev–Trinajstić information content (AvgIpc) is 2.78. The van der Waals surface area contributed by atoms with Crippen LogP contribution in [0.4, 0.5) is 0 Å². The first-order valence-corrected chi connectivity index (χ1v) is 7.58. The highest BCUT2D eigenvalue weighted by atomic mass is 15.3. The Bertz CT molecular complexity index is 207. The molecule has 0 saturated carbocycles. The Balaban J connectivity index is 2.87. The van der Waals surface area contributed by atoms with Crippen LogP contribution < -0.4 is 5.73 Å². The van der Waals surface area contributed by atoms with Gasteiger partial charge in [0.05, 0.1) is 0 Å². The van der Waals surface area contributed by atoms with Gasteiger partial charge in [0.25, 0.3) is 0 Å². The molecular weight excluding hydrogens is 208 g/mol. The third-order valence-electron chi connectivity index (χ3n) is 4.49. The second-order valence-corrected chi connectivity index (χ2v) is 6.08. The van der Waals surface area contributed by atoms with Crippen LogP contribution in [0.25, 0.3) is 0 Å². The molecule has 1 saturated heterocycles. The summed E-state index contributed by atoms with van der Waals surface area (Å²) in [6.45, 7) is 11.4. The van der Waals surface area contributed by atoms with Crippen molar-refractivity contribution in [3.05, 3.63) is 0 Å². The van der Waals surface area contributed by atoms with E-state index in [2.05, 4.69) is 32.6 Å². The first kappa shape index (κ1) is 15.0. The van der Waals surface area contributed by atoms with E-state index in [4.69, 9.17) is 5.73 Å². The second kappa shape index (κ2) is 6.75. The molecular formula is C15H32N2. The molecule has 0 amide bonds. The maximum atomic E-state index is 6.18. The molecule has 0 aliphatic carbocycles. The molecule has 17 heavy (non-hydrogen) atoms. The van der Waals surface area contributed by atoms with Gasteiger partial charge in [-0.1, -0.05) is 40.5 Å². The Hall–Kier alpha value is -0.0800. The van der Waals surface area contributed by atoms with Gasteiger partial charge in [0.1, 0.15) is 0 Å². The molecule has 0 aromatic carbocycles. The standard InChI is InChI=1S/C15H32N2/c1-5-9-15(12-16,10-6-2)17-11-7-8-14(17)13(3)4/h13-14H,5-12,16H2,1-4H3. The number of rotatable bonds is 7. The van der Waals surface area contributed by atoms with Crippen molar-refractivity contribution in [2.24, 2.45) is 11.7 Å². The number of likely N-dealkylation sites (tertiary alicyclic amines) is 1. The fourth-order valence-corrected chi connectivity index (χ4v) is 3.74. The van der Waals surface area contributed by atoms with Gasteiger partial charge < -0.3 is 5.73 Å². The first-order chi connectivity index (χ1) is 8.11. The molecule has 1 aliphatic rings. The summed E-state index contributed by atoms with van der Waals surface area (Å²) < 4.78 is 0. The first-order valence-electron chi connectivity index (χ1n) is 7.58. The van der Waals surface area contributed by atoms with E-state index in [9.17, 15) is 0 Å². The molecule has 2 N–H and O–H groups in total. The van der Waals surface area contributed by atoms with Gasteiger partial charge in [0.15, 0.2) is 0 Å². The minimum Gasteiger partial charge on any atom is -0.329 e. The summed E-state index contributed by atoms with van der Waals surface area (Å²) in [5.41, 5.74) is 6.47. The summed E-state index contributed by atoms with van der Waals surface area (Å²) in [5.74, 6) is 0.761. The molecule has 0 radical (unpaired) electrons. The molecule has 102 valence electrons. The van der Waals surface area contributed by atoms with E-state index in [0.29, 0.717) is 0 Å². The molecule has 0 bridgehead atoms. The van der Waals surface area contributed by atoms with Crippen LogP contribution in [0.2, 0.25) is 0 Å². The van der Waals surface area contributed by atoms with Crippen LogP contribution in [0.3, 0.4) is 0 Å². The van der Waals surface area contributed by atoms with Gasteiger partial charge >= 0.3 is 0 Å². The summed E-state index contributed by atoms with van der Waals surface area (Å²) in [7, 11) is 0. The van der Waals surface area contributed by atoms with E-state index >= 15 is 0 Å². The van der Waals surface area contributed by atoms with Crippen LogP contribution >= 0.6 is 0 Å². The second-order valence-electron chi connectivity index (χ2n) is 6.08. The van der Waals surface area contributed by atoms with Gasteiger partial charge in [-0.05, 0) is 38.1 Å². The number of hydrogen-bond donors (Lipinski definition) is 1. The van der Waals surface area contributed by atoms with Crippen LogP contribution in [0, 0.1) is 5.92 Å². The lowest BCUT2D eigenvalue weighted by molar-refractivity contribution is 0.0439. The molecule has 1 rings (SSSR count). The van der Waals surface area contributed by atoms with Gasteiger partial charge in [-0.15, -0.1) is 0 Å². The Morgan fingerprint density at radius 1 is 1.24 bits per heavy atom. The van der Waals surface area contributed by atoms with Crippen molar-refractivity contribution in [1.29, 1.82) is 0 Å². The van der Waals surface area contributed by atoms with Crippen molar-refractivity contribution in [2.75, 3.05) is 13.1 Å². The smallest absolute Gasteiger partial charge is 0.0334 e. The van der Waals surface area contributed by atoms with E-state index in [1.54, 1.807) is 0 Å². The van der Waals surface area contributed by atoms with Gasteiger partial charge in [0, 0.05) is 18.1 Å². The highest BCUT2D eigenvalue weighted by molar-refractivity contribution is 4.98. The summed E-state index contributed by atoms with van der Waals surface area (Å²) in [6, 6.07) is 0.761. The van der Waals surface area contributed by atoms with Crippen molar-refractivity contribution < 1.29 is 0 Å². The quantitative estimate of drug-likeness (QED) is 0.739. The van der Waals surface area contributed by atoms with Crippen LogP contribution in [-0.4, -0.2) is 29.6 Å². The highest BCUT2D eigenvalue weighted by Crippen LogP contribution is 2.36. The van der Waals surface area contributed by atoms with Crippen LogP contribution in [-0.2, 0) is 0 Å². The predicted molar refractivity (Wildman–Crippen MR) is 76.2 cm³/mol. The Kier molecular flexibility index (Phi) is 5.94. The third-order valence-corrected chi connectivity index (χ3v) is 4.49. The molecule has 0 aromatic heterocycles. The van der Waals surface area contributed by atoms with E-state index in [-0.39, 0.29) is 5.54 Å². The number of nitrogens with two attached hydrogens (primary N) is 1. The largest absolute Gasteiger partial charge is 0.329 e. The molecule has 2 heteroatoms. The van der Waals surface area contributed by atoms with E-state index in [1.165, 1.54) is 45.1 Å². The monoisotopic (exact) mass is 240 g/mol. The summed E-state index contributed by atoms with van der Waals surface area (Å²) in [5, 5.41) is 0. The van der Waals surface area contributed by atoms with Crippen molar-refractivity contribution in [2.45, 2.75) is 77.8 Å². The molecule has 1 fully saturated rings. The van der Waals surface area contributed by atoms with E-state index in [0.717, 1.165) is 18.5 Å². The Morgan fingerprint density at radius 2 is 1.82 bits per heavy atom. The van der Waals surface area contributed by atoms with Crippen LogP contribution in [0.1, 0.15) is 66.2 Å². The molecule has 2 nitrogen and oxygen atoms in total. The van der Waals surface area contributed by atoms with Crippen molar-refractivity contribution in [3.63, 3.8) is 0 Å². The minimum absolute atomic E-state index is 0.287. The summed E-state index contributed by atoms with van der Waals surface area (Å²) >= 11 is 0. The Morgan fingerprint density at radius 3 is 2.24 bits per heavy atom. The highest BCUT2D eigenvalue weighted by Gasteiger charge is 2.41. The molecule has 1 aliphatic heterocycles. The maximum absolute atomic E-state index is 6.18. The van der Waals surface area contributed by atoms with Crippen molar-refractivity contribution >= 4 is 0 Å². The van der Waals surface area contributed by atoms with Crippen molar-refractivity contribution in [1.82, 2.24) is 4.90 Å². The molecule has 1 atom stereocenters. The third kappa shape index (κ3) is 3.23. The molecule has 1 unspecified atom stereocenters. The lowest BCUT2D eigenvalue weighted by atomic mass is 9.84. The Labute approximate surface area is 108 Å². The van der Waals surface area contributed by atoms with Crippen LogP contribution in [0.5, 0.6) is 0 Å². The van der Waals surface area contributed by atoms with Crippen LogP contribution in [0.15, 0.2) is 0 Å². The van der Waals surface area contributed by atoms with E-state index in [1.807, 2.05) is 0 Å². The number of hydrogen-bond acceptors (Lipinski definition) is 2. The lowest BCUT2D eigenvalue weighted by Crippen LogP contribution is -2.56. The normalized spacial score (nSPS) is 22.6. The molecule has 0 aromatic rings. The zero-order valence-electron chi connectivity index (χ0n) is 12.3. The average molecular weight is 240 g/mol. The maximum Gasteiger partial charge on any atom is 0.0334 e. The van der Waals surface area contributed by atoms with Gasteiger partial charge in [-0.25, -0.2) is 0 Å². The topological polar surface area (TPSA) is 29.3 Å². The minimum atomic E-state index is 0.287. The summed E-state index contributed by atoms with van der Waals surface area (Å²) in [6.07, 6.45) is 7.75. The lowest BCUT2D eigenvalue weighted by Gasteiger charge is -2.46. The zero-order chi connectivity index (χ0) is 12.9. The summed E-state index contributed by atoms with van der Waals surface area (Å²) in [4.78, 5) is 2.77. The van der Waals surface area contributed by atoms with Gasteiger partial charge in [-0.2, -0.15) is 0 Å². The zero-order valence-corrected chi connectivity index (χ0v) is 12.3. The van der Waals surface area contributed by atoms with Crippen molar-refractivity contribution in [3.8, 4) is 0 Å². The van der Waals surface area contributed by atoms with E-state index < -0.39 is 0 Å². The predicted octanol–water partition coefficient (Wildman–Crippen LogP) is 3.40. The fourth-order valence-electron chi connectivity index (χ4n) is 3.74. The molecule has 1 heterocycles. The SMILES string of the molecule is CCCC(CN)(CCC)N1CCCC1C(C)C. The fraction of sp³-hybridized carbons (Fsp3) is 1.00. The molecule has 0 spiro atoms. The van der Waals surface area contributed by atoms with Gasteiger partial charge in [0.2, 0.25) is 0 Å².